The molecule has 2 rings (SSSR count). The highest BCUT2D eigenvalue weighted by molar-refractivity contribution is 5.52. The molecule has 2 nitrogen and oxygen atoms in total. The number of hydrogen-bond donors (Lipinski definition) is 1. The molecule has 0 bridgehead atoms. The largest absolute Gasteiger partial charge is 0.384 e. The number of methoxy groups -OCH3 is 1. The first kappa shape index (κ1) is 15.5. The Balaban J connectivity index is 2.16. The average molecular weight is 287 g/mol. The van der Waals surface area contributed by atoms with Gasteiger partial charge in [-0.2, -0.15) is 0 Å². The summed E-state index contributed by atoms with van der Waals surface area (Å²) in [6, 6.07) is 15.1. The minimum Gasteiger partial charge on any atom is -0.384 e. The van der Waals surface area contributed by atoms with Gasteiger partial charge in [0.1, 0.15) is 5.82 Å². The lowest BCUT2D eigenvalue weighted by Crippen LogP contribution is -2.11. The maximum absolute atomic E-state index is 13.1. The lowest BCUT2D eigenvalue weighted by molar-refractivity contribution is 0.202. The summed E-state index contributed by atoms with van der Waals surface area (Å²) in [6.45, 7) is 2.82. The van der Waals surface area contributed by atoms with E-state index < -0.39 is 0 Å². The third-order valence-electron chi connectivity index (χ3n) is 3.60. The van der Waals surface area contributed by atoms with Crippen molar-refractivity contribution in [3.8, 4) is 0 Å². The highest BCUT2D eigenvalue weighted by atomic mass is 19.1. The predicted octanol–water partition coefficient (Wildman–Crippen LogP) is 4.58. The minimum atomic E-state index is -0.200. The van der Waals surface area contributed by atoms with Crippen molar-refractivity contribution in [2.24, 2.45) is 0 Å². The van der Waals surface area contributed by atoms with E-state index in [0.29, 0.717) is 6.61 Å². The Hall–Kier alpha value is -1.87. The zero-order valence-corrected chi connectivity index (χ0v) is 12.6. The van der Waals surface area contributed by atoms with Crippen LogP contribution in [0.1, 0.15) is 30.5 Å². The molecule has 0 aromatic heterocycles. The Bertz CT molecular complexity index is 553. The van der Waals surface area contributed by atoms with Gasteiger partial charge in [0.2, 0.25) is 0 Å². The molecule has 0 saturated carbocycles. The Morgan fingerprint density at radius 1 is 1.10 bits per heavy atom. The number of hydrogen-bond acceptors (Lipinski definition) is 2. The Morgan fingerprint density at radius 2 is 1.81 bits per heavy atom. The van der Waals surface area contributed by atoms with Crippen LogP contribution in [0.15, 0.2) is 48.5 Å². The lowest BCUT2D eigenvalue weighted by Gasteiger charge is -2.21. The van der Waals surface area contributed by atoms with Crippen LogP contribution < -0.4 is 5.32 Å². The van der Waals surface area contributed by atoms with Crippen molar-refractivity contribution in [2.75, 3.05) is 19.0 Å². The van der Waals surface area contributed by atoms with E-state index in [2.05, 4.69) is 24.4 Å². The van der Waals surface area contributed by atoms with Crippen LogP contribution in [0.25, 0.3) is 0 Å². The standard InChI is InChI=1S/C18H22FNO/c1-3-17(15-8-10-16(19)11-9-15)20-18-7-5-4-6-14(18)12-13-21-2/h4-11,17,20H,3,12-13H2,1-2H3. The second-order valence-corrected chi connectivity index (χ2v) is 5.06. The first-order valence-electron chi connectivity index (χ1n) is 7.33. The minimum absolute atomic E-state index is 0.175. The summed E-state index contributed by atoms with van der Waals surface area (Å²) >= 11 is 0. The normalized spacial score (nSPS) is 12.1. The van der Waals surface area contributed by atoms with Crippen molar-refractivity contribution in [1.82, 2.24) is 0 Å². The molecule has 0 aliphatic heterocycles. The number of rotatable bonds is 7. The fraction of sp³-hybridized carbons (Fsp3) is 0.333. The summed E-state index contributed by atoms with van der Waals surface area (Å²) in [6.07, 6.45) is 1.81. The molecule has 0 aliphatic carbocycles. The van der Waals surface area contributed by atoms with Gasteiger partial charge in [0, 0.05) is 12.8 Å². The molecule has 2 aromatic rings. The van der Waals surface area contributed by atoms with Crippen LogP contribution in [-0.4, -0.2) is 13.7 Å². The van der Waals surface area contributed by atoms with Gasteiger partial charge in [0.25, 0.3) is 0 Å². The molecule has 1 N–H and O–H groups in total. The summed E-state index contributed by atoms with van der Waals surface area (Å²) in [5.74, 6) is -0.200. The monoisotopic (exact) mass is 287 g/mol. The summed E-state index contributed by atoms with van der Waals surface area (Å²) in [5.41, 5.74) is 3.45. The molecule has 112 valence electrons. The Labute approximate surface area is 126 Å². The highest BCUT2D eigenvalue weighted by Gasteiger charge is 2.11. The molecule has 0 aliphatic rings. The van der Waals surface area contributed by atoms with Gasteiger partial charge >= 0.3 is 0 Å². The third-order valence-corrected chi connectivity index (χ3v) is 3.60. The summed E-state index contributed by atoms with van der Waals surface area (Å²) in [4.78, 5) is 0. The molecule has 1 atom stereocenters. The Morgan fingerprint density at radius 3 is 2.48 bits per heavy atom. The first-order valence-corrected chi connectivity index (χ1v) is 7.33. The molecule has 0 amide bonds. The fourth-order valence-electron chi connectivity index (χ4n) is 2.40. The molecular formula is C18H22FNO. The van der Waals surface area contributed by atoms with E-state index in [1.54, 1.807) is 7.11 Å². The molecule has 21 heavy (non-hydrogen) atoms. The van der Waals surface area contributed by atoms with E-state index in [-0.39, 0.29) is 11.9 Å². The predicted molar refractivity (Wildman–Crippen MR) is 85.1 cm³/mol. The molecule has 0 saturated heterocycles. The maximum Gasteiger partial charge on any atom is 0.123 e. The molecular weight excluding hydrogens is 265 g/mol. The van der Waals surface area contributed by atoms with E-state index in [1.165, 1.54) is 17.7 Å². The van der Waals surface area contributed by atoms with Gasteiger partial charge < -0.3 is 10.1 Å². The van der Waals surface area contributed by atoms with E-state index in [9.17, 15) is 4.39 Å². The highest BCUT2D eigenvalue weighted by Crippen LogP contribution is 2.25. The second-order valence-electron chi connectivity index (χ2n) is 5.06. The van der Waals surface area contributed by atoms with Crippen LogP contribution in [0.2, 0.25) is 0 Å². The van der Waals surface area contributed by atoms with Gasteiger partial charge in [-0.1, -0.05) is 37.3 Å². The third kappa shape index (κ3) is 4.30. The van der Waals surface area contributed by atoms with Crippen LogP contribution in [0, 0.1) is 5.82 Å². The Kier molecular flexibility index (Phi) is 5.76. The van der Waals surface area contributed by atoms with Gasteiger partial charge in [0.15, 0.2) is 0 Å². The second kappa shape index (κ2) is 7.79. The van der Waals surface area contributed by atoms with Crippen molar-refractivity contribution >= 4 is 5.69 Å². The van der Waals surface area contributed by atoms with Gasteiger partial charge in [-0.05, 0) is 42.2 Å². The molecule has 0 heterocycles. The maximum atomic E-state index is 13.1. The SMILES string of the molecule is CCC(Nc1ccccc1CCOC)c1ccc(F)cc1. The summed E-state index contributed by atoms with van der Waals surface area (Å²) in [7, 11) is 1.71. The number of para-hydroxylation sites is 1. The average Bonchev–Trinajstić information content (AvgIpc) is 2.52. The van der Waals surface area contributed by atoms with Gasteiger partial charge in [-0.15, -0.1) is 0 Å². The van der Waals surface area contributed by atoms with Gasteiger partial charge in [0.05, 0.1) is 12.6 Å². The summed E-state index contributed by atoms with van der Waals surface area (Å²) < 4.78 is 18.2. The van der Waals surface area contributed by atoms with Gasteiger partial charge in [-0.3, -0.25) is 0 Å². The molecule has 0 spiro atoms. The molecule has 1 unspecified atom stereocenters. The summed E-state index contributed by atoms with van der Waals surface area (Å²) in [5, 5.41) is 3.56. The van der Waals surface area contributed by atoms with Crippen molar-refractivity contribution in [3.05, 3.63) is 65.5 Å². The topological polar surface area (TPSA) is 21.3 Å². The number of halogens is 1. The zero-order valence-electron chi connectivity index (χ0n) is 12.6. The molecule has 0 radical (unpaired) electrons. The van der Waals surface area contributed by atoms with Crippen molar-refractivity contribution in [1.29, 1.82) is 0 Å². The number of nitrogens with one attached hydrogen (secondary N) is 1. The number of benzene rings is 2. The van der Waals surface area contributed by atoms with Crippen molar-refractivity contribution < 1.29 is 9.13 Å². The van der Waals surface area contributed by atoms with Crippen LogP contribution in [0.4, 0.5) is 10.1 Å². The van der Waals surface area contributed by atoms with Crippen LogP contribution in [-0.2, 0) is 11.2 Å². The first-order chi connectivity index (χ1) is 10.2. The number of ether oxygens (including phenoxy) is 1. The van der Waals surface area contributed by atoms with E-state index in [4.69, 9.17) is 4.74 Å². The number of anilines is 1. The fourth-order valence-corrected chi connectivity index (χ4v) is 2.40. The van der Waals surface area contributed by atoms with E-state index in [1.807, 2.05) is 24.3 Å². The van der Waals surface area contributed by atoms with Crippen molar-refractivity contribution in [3.63, 3.8) is 0 Å². The van der Waals surface area contributed by atoms with Crippen LogP contribution >= 0.6 is 0 Å². The van der Waals surface area contributed by atoms with Gasteiger partial charge in [-0.25, -0.2) is 4.39 Å². The van der Waals surface area contributed by atoms with E-state index >= 15 is 0 Å². The molecule has 2 aromatic carbocycles. The van der Waals surface area contributed by atoms with E-state index in [0.717, 1.165) is 24.1 Å². The quantitative estimate of drug-likeness (QED) is 0.805. The smallest absolute Gasteiger partial charge is 0.123 e. The zero-order chi connectivity index (χ0) is 15.1. The lowest BCUT2D eigenvalue weighted by atomic mass is 10.0. The van der Waals surface area contributed by atoms with Crippen LogP contribution in [0.3, 0.4) is 0 Å². The van der Waals surface area contributed by atoms with Crippen LogP contribution in [0.5, 0.6) is 0 Å². The molecule has 3 heteroatoms. The van der Waals surface area contributed by atoms with Crippen molar-refractivity contribution in [2.45, 2.75) is 25.8 Å². The molecule has 0 fully saturated rings.